The van der Waals surface area contributed by atoms with E-state index in [1.54, 1.807) is 25.1 Å². The molecule has 3 aromatic carbocycles. The van der Waals surface area contributed by atoms with Crippen LogP contribution in [0.1, 0.15) is 30.4 Å². The maximum atomic E-state index is 15.0. The molecular formula is C31H25F6N3O4S. The number of benzene rings is 3. The third kappa shape index (κ3) is 6.52. The molecule has 0 aliphatic heterocycles. The van der Waals surface area contributed by atoms with Crippen LogP contribution in [0.5, 0.6) is 5.75 Å². The quantitative estimate of drug-likeness (QED) is 0.163. The highest BCUT2D eigenvalue weighted by Gasteiger charge is 2.33. The van der Waals surface area contributed by atoms with Gasteiger partial charge in [0.15, 0.2) is 12.2 Å². The summed E-state index contributed by atoms with van der Waals surface area (Å²) in [6, 6.07) is 12.3. The van der Waals surface area contributed by atoms with Gasteiger partial charge in [0.25, 0.3) is 5.92 Å². The highest BCUT2D eigenvalue weighted by molar-refractivity contribution is 7.84. The van der Waals surface area contributed by atoms with Gasteiger partial charge in [-0.3, -0.25) is 4.21 Å². The van der Waals surface area contributed by atoms with Crippen molar-refractivity contribution in [2.45, 2.75) is 44.1 Å². The number of hydrogen-bond acceptors (Lipinski definition) is 6. The Morgan fingerprint density at radius 2 is 1.69 bits per heavy atom. The number of oxazole rings is 1. The molecule has 1 N–H and O–H groups in total. The Labute approximate surface area is 255 Å². The number of aliphatic hydroxyl groups excluding tert-OH is 1. The zero-order valence-corrected chi connectivity index (χ0v) is 24.8. The molecule has 1 unspecified atom stereocenters. The van der Waals surface area contributed by atoms with Gasteiger partial charge >= 0.3 is 6.36 Å². The molecule has 45 heavy (non-hydrogen) atoms. The van der Waals surface area contributed by atoms with E-state index in [1.165, 1.54) is 48.2 Å². The summed E-state index contributed by atoms with van der Waals surface area (Å²) in [5.74, 6) is -4.07. The van der Waals surface area contributed by atoms with E-state index in [2.05, 4.69) is 14.7 Å². The van der Waals surface area contributed by atoms with Crippen LogP contribution >= 0.6 is 0 Å². The first kappa shape index (κ1) is 32.0. The molecule has 7 nitrogen and oxygen atoms in total. The van der Waals surface area contributed by atoms with E-state index in [-0.39, 0.29) is 27.7 Å². The van der Waals surface area contributed by atoms with Gasteiger partial charge in [0.2, 0.25) is 0 Å². The number of aryl methyl sites for hydroxylation is 1. The van der Waals surface area contributed by atoms with E-state index in [9.17, 15) is 31.3 Å². The Morgan fingerprint density at radius 1 is 1.00 bits per heavy atom. The number of imidazole rings is 1. The maximum absolute atomic E-state index is 15.0. The fraction of sp³-hybridized carbons (Fsp3) is 0.226. The number of nitrogens with zero attached hydrogens (tertiary/aromatic N) is 3. The molecule has 5 aromatic rings. The van der Waals surface area contributed by atoms with Crippen molar-refractivity contribution in [2.24, 2.45) is 0 Å². The summed E-state index contributed by atoms with van der Waals surface area (Å²) in [7, 11) is -1.64. The SMILES string of the molecule is CCC(F)(F)c1cn(-c2ccc(-c3cc(F)c(CO)c(S(C)=O)c3)cc2-c2ocnc2-c2ccc(OC(F)(F)F)cc2)c(C)n1. The Hall–Kier alpha value is -4.43. The molecule has 1 atom stereocenters. The number of aromatic nitrogens is 3. The van der Waals surface area contributed by atoms with Gasteiger partial charge < -0.3 is 18.8 Å². The molecule has 236 valence electrons. The minimum absolute atomic E-state index is 0.0940. The van der Waals surface area contributed by atoms with Crippen molar-refractivity contribution in [3.05, 3.63) is 90.1 Å². The minimum atomic E-state index is -4.88. The molecule has 0 radical (unpaired) electrons. The standard InChI is InChI=1S/C31H25F6N3O4S/c1-4-30(33,34)27-14-40(17(2)39-27)25-10-7-19(20-12-24(32)23(15-41)26(13-20)45(3)42)11-22(25)29-28(38-16-43-29)18-5-8-21(9-6-18)44-31(35,36)37/h5-14,16,41H,4,15H2,1-3H3. The van der Waals surface area contributed by atoms with Crippen LogP contribution in [0.25, 0.3) is 39.4 Å². The normalized spacial score (nSPS) is 12.8. The number of hydrogen-bond donors (Lipinski definition) is 1. The smallest absolute Gasteiger partial charge is 0.443 e. The molecule has 2 heterocycles. The van der Waals surface area contributed by atoms with Gasteiger partial charge in [0.1, 0.15) is 28.8 Å². The molecule has 0 fully saturated rings. The Kier molecular flexibility index (Phi) is 8.64. The van der Waals surface area contributed by atoms with Crippen molar-refractivity contribution in [3.63, 3.8) is 0 Å². The number of rotatable bonds is 9. The largest absolute Gasteiger partial charge is 0.573 e. The van der Waals surface area contributed by atoms with Crippen LogP contribution in [-0.4, -0.2) is 36.5 Å². The van der Waals surface area contributed by atoms with Crippen LogP contribution < -0.4 is 4.74 Å². The zero-order chi connectivity index (χ0) is 32.7. The molecule has 0 spiro atoms. The summed E-state index contributed by atoms with van der Waals surface area (Å²) >= 11 is 0. The number of ether oxygens (including phenoxy) is 1. The lowest BCUT2D eigenvalue weighted by Gasteiger charge is -2.15. The molecule has 0 saturated carbocycles. The number of alkyl halides is 5. The van der Waals surface area contributed by atoms with Gasteiger partial charge in [0.05, 0.1) is 23.1 Å². The Bertz CT molecular complexity index is 1880. The van der Waals surface area contributed by atoms with Crippen LogP contribution in [0.15, 0.2) is 76.5 Å². The van der Waals surface area contributed by atoms with Gasteiger partial charge in [-0.2, -0.15) is 8.78 Å². The van der Waals surface area contributed by atoms with Crippen molar-refractivity contribution in [1.82, 2.24) is 14.5 Å². The first-order valence-electron chi connectivity index (χ1n) is 13.4. The second-order valence-electron chi connectivity index (χ2n) is 9.98. The van der Waals surface area contributed by atoms with Crippen LogP contribution in [-0.2, 0) is 23.3 Å². The van der Waals surface area contributed by atoms with E-state index in [4.69, 9.17) is 4.42 Å². The second-order valence-corrected chi connectivity index (χ2v) is 11.3. The first-order chi connectivity index (χ1) is 21.2. The number of aliphatic hydroxyl groups is 1. The van der Waals surface area contributed by atoms with E-state index >= 15 is 4.39 Å². The molecule has 0 aliphatic rings. The maximum Gasteiger partial charge on any atom is 0.573 e. The summed E-state index contributed by atoms with van der Waals surface area (Å²) in [5.41, 5.74) is 1.36. The molecule has 14 heteroatoms. The Morgan fingerprint density at radius 3 is 2.31 bits per heavy atom. The summed E-state index contributed by atoms with van der Waals surface area (Å²) < 4.78 is 106. The van der Waals surface area contributed by atoms with Crippen LogP contribution in [0.2, 0.25) is 0 Å². The predicted molar refractivity (Wildman–Crippen MR) is 154 cm³/mol. The number of halogens is 6. The van der Waals surface area contributed by atoms with Gasteiger partial charge in [-0.1, -0.05) is 13.0 Å². The summed E-state index contributed by atoms with van der Waals surface area (Å²) in [6.45, 7) is 2.21. The Balaban J connectivity index is 1.71. The molecule has 0 amide bonds. The first-order valence-corrected chi connectivity index (χ1v) is 14.9. The minimum Gasteiger partial charge on any atom is -0.443 e. The van der Waals surface area contributed by atoms with Crippen molar-refractivity contribution >= 4 is 10.8 Å². The van der Waals surface area contributed by atoms with Gasteiger partial charge in [-0.15, -0.1) is 13.2 Å². The monoisotopic (exact) mass is 649 g/mol. The highest BCUT2D eigenvalue weighted by Crippen LogP contribution is 2.40. The zero-order valence-electron chi connectivity index (χ0n) is 24.0. The van der Waals surface area contributed by atoms with Gasteiger partial charge in [0, 0.05) is 40.5 Å². The van der Waals surface area contributed by atoms with E-state index in [0.29, 0.717) is 27.9 Å². The third-order valence-electron chi connectivity index (χ3n) is 7.09. The molecule has 0 saturated heterocycles. The topological polar surface area (TPSA) is 90.4 Å². The van der Waals surface area contributed by atoms with E-state index in [0.717, 1.165) is 18.5 Å². The fourth-order valence-electron chi connectivity index (χ4n) is 4.83. The van der Waals surface area contributed by atoms with Crippen molar-refractivity contribution in [1.29, 1.82) is 0 Å². The molecule has 5 rings (SSSR count). The van der Waals surface area contributed by atoms with Crippen LogP contribution in [0.4, 0.5) is 26.3 Å². The predicted octanol–water partition coefficient (Wildman–Crippen LogP) is 7.94. The van der Waals surface area contributed by atoms with Gasteiger partial charge in [-0.05, 0) is 66.6 Å². The average Bonchev–Trinajstić information content (AvgIpc) is 3.63. The molecule has 0 bridgehead atoms. The third-order valence-corrected chi connectivity index (χ3v) is 8.07. The highest BCUT2D eigenvalue weighted by atomic mass is 32.2. The van der Waals surface area contributed by atoms with Gasteiger partial charge in [-0.25, -0.2) is 14.4 Å². The summed E-state index contributed by atoms with van der Waals surface area (Å²) in [4.78, 5) is 8.42. The van der Waals surface area contributed by atoms with Crippen molar-refractivity contribution in [2.75, 3.05) is 6.26 Å². The lowest BCUT2D eigenvalue weighted by molar-refractivity contribution is -0.274. The van der Waals surface area contributed by atoms with E-state index in [1.807, 2.05) is 0 Å². The summed E-state index contributed by atoms with van der Waals surface area (Å²) in [6.07, 6.45) is -1.70. The molecule has 0 aliphatic carbocycles. The van der Waals surface area contributed by atoms with Crippen molar-refractivity contribution in [3.8, 4) is 45.1 Å². The lowest BCUT2D eigenvalue weighted by atomic mass is 9.97. The van der Waals surface area contributed by atoms with Crippen molar-refractivity contribution < 1.29 is 44.8 Å². The summed E-state index contributed by atoms with van der Waals surface area (Å²) in [5, 5.41) is 9.64. The second kappa shape index (κ2) is 12.2. The van der Waals surface area contributed by atoms with Crippen LogP contribution in [0.3, 0.4) is 0 Å². The van der Waals surface area contributed by atoms with E-state index < -0.39 is 53.4 Å². The van der Waals surface area contributed by atoms with Crippen LogP contribution in [0, 0.1) is 12.7 Å². The lowest BCUT2D eigenvalue weighted by Crippen LogP contribution is -2.16. The fourth-order valence-corrected chi connectivity index (χ4v) is 5.63. The molecular weight excluding hydrogens is 624 g/mol. The molecule has 2 aromatic heterocycles. The average molecular weight is 650 g/mol.